The number of fused-ring (bicyclic) bond motifs is 1. The van der Waals surface area contributed by atoms with Crippen molar-refractivity contribution in [1.29, 1.82) is 0 Å². The summed E-state index contributed by atoms with van der Waals surface area (Å²) < 4.78 is 5.23. The van der Waals surface area contributed by atoms with Gasteiger partial charge in [-0.15, -0.1) is 0 Å². The SMILES string of the molecule is CC1=C[C@@H]2OC(=O)[C@H](C)[C@H]2CC1. The van der Waals surface area contributed by atoms with Gasteiger partial charge in [0.25, 0.3) is 0 Å². The molecule has 0 aromatic heterocycles. The molecule has 0 bridgehead atoms. The van der Waals surface area contributed by atoms with Gasteiger partial charge in [0.2, 0.25) is 0 Å². The Kier molecular flexibility index (Phi) is 1.71. The van der Waals surface area contributed by atoms with Crippen LogP contribution in [0.3, 0.4) is 0 Å². The molecular formula is C10H14O2. The molecular weight excluding hydrogens is 152 g/mol. The molecule has 0 aromatic carbocycles. The van der Waals surface area contributed by atoms with E-state index in [2.05, 4.69) is 13.0 Å². The Labute approximate surface area is 72.6 Å². The highest BCUT2D eigenvalue weighted by Gasteiger charge is 2.41. The fourth-order valence-electron chi connectivity index (χ4n) is 2.12. The van der Waals surface area contributed by atoms with E-state index in [1.54, 1.807) is 0 Å². The number of allylic oxidation sites excluding steroid dienone is 1. The van der Waals surface area contributed by atoms with Crippen LogP contribution in [0.1, 0.15) is 26.7 Å². The van der Waals surface area contributed by atoms with Crippen LogP contribution in [0.4, 0.5) is 0 Å². The van der Waals surface area contributed by atoms with Gasteiger partial charge in [0, 0.05) is 5.92 Å². The number of rotatable bonds is 0. The quantitative estimate of drug-likeness (QED) is 0.406. The van der Waals surface area contributed by atoms with E-state index in [0.29, 0.717) is 5.92 Å². The normalized spacial score (nSPS) is 40.3. The summed E-state index contributed by atoms with van der Waals surface area (Å²) in [5.74, 6) is 0.538. The summed E-state index contributed by atoms with van der Waals surface area (Å²) in [5, 5.41) is 0. The maximum Gasteiger partial charge on any atom is 0.309 e. The van der Waals surface area contributed by atoms with E-state index in [9.17, 15) is 4.79 Å². The molecule has 2 aliphatic rings. The van der Waals surface area contributed by atoms with Crippen LogP contribution in [-0.4, -0.2) is 12.1 Å². The van der Waals surface area contributed by atoms with Crippen molar-refractivity contribution in [1.82, 2.24) is 0 Å². The Morgan fingerprint density at radius 1 is 1.58 bits per heavy atom. The largest absolute Gasteiger partial charge is 0.458 e. The van der Waals surface area contributed by atoms with Gasteiger partial charge in [-0.05, 0) is 25.8 Å². The molecule has 0 unspecified atom stereocenters. The van der Waals surface area contributed by atoms with E-state index >= 15 is 0 Å². The maximum atomic E-state index is 11.2. The Hall–Kier alpha value is -0.790. The molecule has 0 N–H and O–H groups in total. The summed E-state index contributed by atoms with van der Waals surface area (Å²) >= 11 is 0. The second kappa shape index (κ2) is 2.61. The van der Waals surface area contributed by atoms with Gasteiger partial charge >= 0.3 is 5.97 Å². The third kappa shape index (κ3) is 1.06. The highest BCUT2D eigenvalue weighted by molar-refractivity contribution is 5.75. The van der Waals surface area contributed by atoms with Crippen molar-refractivity contribution in [3.8, 4) is 0 Å². The first kappa shape index (κ1) is 7.84. The van der Waals surface area contributed by atoms with Crippen molar-refractivity contribution >= 4 is 5.97 Å². The average molecular weight is 166 g/mol. The molecule has 3 atom stereocenters. The van der Waals surface area contributed by atoms with Crippen molar-refractivity contribution in [2.45, 2.75) is 32.8 Å². The van der Waals surface area contributed by atoms with Crippen LogP contribution in [0.5, 0.6) is 0 Å². The number of esters is 1. The first-order valence-corrected chi connectivity index (χ1v) is 4.56. The zero-order chi connectivity index (χ0) is 8.72. The predicted octanol–water partition coefficient (Wildman–Crippen LogP) is 1.90. The third-order valence-electron chi connectivity index (χ3n) is 3.01. The zero-order valence-electron chi connectivity index (χ0n) is 7.54. The van der Waals surface area contributed by atoms with Crippen molar-refractivity contribution in [2.75, 3.05) is 0 Å². The highest BCUT2D eigenvalue weighted by atomic mass is 16.6. The van der Waals surface area contributed by atoms with Crippen LogP contribution >= 0.6 is 0 Å². The first-order valence-electron chi connectivity index (χ1n) is 4.56. The van der Waals surface area contributed by atoms with Crippen LogP contribution in [0.15, 0.2) is 11.6 Å². The molecule has 1 aliphatic heterocycles. The van der Waals surface area contributed by atoms with Crippen molar-refractivity contribution < 1.29 is 9.53 Å². The first-order chi connectivity index (χ1) is 5.68. The minimum absolute atomic E-state index is 0.0176. The monoisotopic (exact) mass is 166 g/mol. The van der Waals surface area contributed by atoms with E-state index in [1.165, 1.54) is 5.57 Å². The number of carbonyl (C=O) groups excluding carboxylic acids is 1. The highest BCUT2D eigenvalue weighted by Crippen LogP contribution is 2.37. The second-order valence-electron chi connectivity index (χ2n) is 3.91. The van der Waals surface area contributed by atoms with E-state index in [-0.39, 0.29) is 18.0 Å². The second-order valence-corrected chi connectivity index (χ2v) is 3.91. The Morgan fingerprint density at radius 3 is 3.08 bits per heavy atom. The minimum atomic E-state index is -0.0176. The lowest BCUT2D eigenvalue weighted by molar-refractivity contribution is -0.142. The summed E-state index contributed by atoms with van der Waals surface area (Å²) in [6.07, 6.45) is 4.43. The smallest absolute Gasteiger partial charge is 0.309 e. The van der Waals surface area contributed by atoms with E-state index in [4.69, 9.17) is 4.74 Å². The molecule has 0 amide bonds. The number of ether oxygens (including phenoxy) is 1. The lowest BCUT2D eigenvalue weighted by atomic mass is 9.82. The molecule has 1 heterocycles. The summed E-state index contributed by atoms with van der Waals surface area (Å²) in [4.78, 5) is 11.2. The molecule has 1 fully saturated rings. The van der Waals surface area contributed by atoms with Crippen LogP contribution in [0, 0.1) is 11.8 Å². The molecule has 2 rings (SSSR count). The Balaban J connectivity index is 2.22. The zero-order valence-corrected chi connectivity index (χ0v) is 7.54. The van der Waals surface area contributed by atoms with E-state index in [1.807, 2.05) is 6.92 Å². The number of carbonyl (C=O) groups is 1. The molecule has 0 radical (unpaired) electrons. The van der Waals surface area contributed by atoms with Gasteiger partial charge in [-0.2, -0.15) is 0 Å². The van der Waals surface area contributed by atoms with Crippen LogP contribution < -0.4 is 0 Å². The van der Waals surface area contributed by atoms with Gasteiger partial charge in [0.05, 0.1) is 5.92 Å². The molecule has 2 heteroatoms. The summed E-state index contributed by atoms with van der Waals surface area (Å²) in [5.41, 5.74) is 1.36. The standard InChI is InChI=1S/C10H14O2/c1-6-3-4-8-7(2)10(11)12-9(8)5-6/h5,7-9H,3-4H2,1-2H3/t7-,8-,9+/m1/s1. The molecule has 0 saturated carbocycles. The Morgan fingerprint density at radius 2 is 2.33 bits per heavy atom. The summed E-state index contributed by atoms with van der Waals surface area (Å²) in [6.45, 7) is 4.08. The van der Waals surface area contributed by atoms with Gasteiger partial charge in [-0.1, -0.05) is 12.5 Å². The fraction of sp³-hybridized carbons (Fsp3) is 0.700. The molecule has 66 valence electrons. The molecule has 0 aromatic rings. The van der Waals surface area contributed by atoms with E-state index < -0.39 is 0 Å². The van der Waals surface area contributed by atoms with Crippen molar-refractivity contribution in [2.24, 2.45) is 11.8 Å². The van der Waals surface area contributed by atoms with Gasteiger partial charge in [-0.25, -0.2) is 0 Å². The van der Waals surface area contributed by atoms with Crippen molar-refractivity contribution in [3.05, 3.63) is 11.6 Å². The number of hydrogen-bond donors (Lipinski definition) is 0. The Bertz CT molecular complexity index is 242. The van der Waals surface area contributed by atoms with Gasteiger partial charge in [0.15, 0.2) is 0 Å². The third-order valence-corrected chi connectivity index (χ3v) is 3.01. The van der Waals surface area contributed by atoms with Gasteiger partial charge < -0.3 is 4.74 Å². The van der Waals surface area contributed by atoms with Crippen LogP contribution in [-0.2, 0) is 9.53 Å². The molecule has 1 saturated heterocycles. The van der Waals surface area contributed by atoms with E-state index in [0.717, 1.165) is 12.8 Å². The molecule has 0 spiro atoms. The van der Waals surface area contributed by atoms with Crippen molar-refractivity contribution in [3.63, 3.8) is 0 Å². The average Bonchev–Trinajstić information content (AvgIpc) is 2.28. The van der Waals surface area contributed by atoms with Crippen LogP contribution in [0.2, 0.25) is 0 Å². The van der Waals surface area contributed by atoms with Gasteiger partial charge in [0.1, 0.15) is 6.10 Å². The summed E-state index contributed by atoms with van der Waals surface area (Å²) in [6, 6.07) is 0. The molecule has 12 heavy (non-hydrogen) atoms. The lowest BCUT2D eigenvalue weighted by Gasteiger charge is -2.22. The lowest BCUT2D eigenvalue weighted by Crippen LogP contribution is -2.21. The predicted molar refractivity (Wildman–Crippen MR) is 45.5 cm³/mol. The molecule has 2 nitrogen and oxygen atoms in total. The molecule has 1 aliphatic carbocycles. The maximum absolute atomic E-state index is 11.2. The number of hydrogen-bond acceptors (Lipinski definition) is 2. The van der Waals surface area contributed by atoms with Crippen LogP contribution in [0.25, 0.3) is 0 Å². The fourth-order valence-corrected chi connectivity index (χ4v) is 2.12. The van der Waals surface area contributed by atoms with Gasteiger partial charge in [-0.3, -0.25) is 4.79 Å². The minimum Gasteiger partial charge on any atom is -0.458 e. The summed E-state index contributed by atoms with van der Waals surface area (Å²) in [7, 11) is 0. The topological polar surface area (TPSA) is 26.3 Å².